The normalized spacial score (nSPS) is 29.0. The number of carbonyl (C=O) groups is 1. The van der Waals surface area contributed by atoms with Gasteiger partial charge in [0.25, 0.3) is 5.91 Å². The Morgan fingerprint density at radius 3 is 2.90 bits per heavy atom. The molecule has 3 atom stereocenters. The predicted molar refractivity (Wildman–Crippen MR) is 78.4 cm³/mol. The smallest absolute Gasteiger partial charge is 0.260 e. The van der Waals surface area contributed by atoms with Crippen LogP contribution in [0.5, 0.6) is 0 Å². The maximum absolute atomic E-state index is 11.8. The van der Waals surface area contributed by atoms with Crippen molar-refractivity contribution >= 4 is 17.3 Å². The molecule has 0 saturated carbocycles. The van der Waals surface area contributed by atoms with Gasteiger partial charge in [-0.15, -0.1) is 0 Å². The number of likely N-dealkylation sites (N-methyl/N-ethyl adjacent to an activating group) is 1. The minimum absolute atomic E-state index is 0.00867. The summed E-state index contributed by atoms with van der Waals surface area (Å²) < 4.78 is 5.54. The number of fused-ring (bicyclic) bond motifs is 1. The number of anilines is 2. The van der Waals surface area contributed by atoms with Gasteiger partial charge in [0, 0.05) is 30.9 Å². The molecule has 21 heavy (non-hydrogen) atoms. The molecule has 114 valence electrons. The van der Waals surface area contributed by atoms with E-state index in [0.29, 0.717) is 18.7 Å². The lowest BCUT2D eigenvalue weighted by molar-refractivity contribution is -0.125. The third-order valence-corrected chi connectivity index (χ3v) is 4.28. The monoisotopic (exact) mass is 292 g/mol. The first-order valence-corrected chi connectivity index (χ1v) is 7.11. The van der Waals surface area contributed by atoms with Crippen molar-refractivity contribution in [3.05, 3.63) is 23.8 Å². The van der Waals surface area contributed by atoms with E-state index in [0.717, 1.165) is 11.4 Å². The number of ether oxygens (including phenoxy) is 1. The molecule has 6 heteroatoms. The molecule has 3 rings (SSSR count). The number of hydrogen-bond acceptors (Lipinski definition) is 5. The van der Waals surface area contributed by atoms with Gasteiger partial charge >= 0.3 is 0 Å². The van der Waals surface area contributed by atoms with Gasteiger partial charge in [0.1, 0.15) is 0 Å². The summed E-state index contributed by atoms with van der Waals surface area (Å²) in [5.74, 6) is -0.301. The second kappa shape index (κ2) is 5.29. The van der Waals surface area contributed by atoms with Crippen LogP contribution in [0, 0.1) is 0 Å². The molecule has 1 amide bonds. The number of hydrogen-bond donors (Lipinski definition) is 2. The molecule has 0 radical (unpaired) electrons. The largest absolute Gasteiger partial charge is 0.394 e. The van der Waals surface area contributed by atoms with Crippen LogP contribution in [0.2, 0.25) is 0 Å². The van der Waals surface area contributed by atoms with E-state index in [4.69, 9.17) is 4.74 Å². The summed E-state index contributed by atoms with van der Waals surface area (Å²) in [5.41, 5.74) is 2.35. The molecule has 1 aromatic rings. The van der Waals surface area contributed by atoms with Gasteiger partial charge in [0.15, 0.2) is 6.10 Å². The molecule has 2 N–H and O–H groups in total. The lowest BCUT2D eigenvalue weighted by Crippen LogP contribution is -2.49. The summed E-state index contributed by atoms with van der Waals surface area (Å²) in [7, 11) is 1.67. The second-order valence-corrected chi connectivity index (χ2v) is 5.68. The summed E-state index contributed by atoms with van der Waals surface area (Å²) >= 11 is 0. The van der Waals surface area contributed by atoms with Gasteiger partial charge in [-0.1, -0.05) is 6.07 Å². The molecular weight excluding hydrogens is 272 g/mol. The van der Waals surface area contributed by atoms with Gasteiger partial charge in [-0.25, -0.2) is 0 Å². The first kappa shape index (κ1) is 14.3. The van der Waals surface area contributed by atoms with E-state index < -0.39 is 6.10 Å². The molecular formula is C15H20N2O4. The maximum atomic E-state index is 11.8. The molecule has 0 bridgehead atoms. The van der Waals surface area contributed by atoms with E-state index >= 15 is 0 Å². The van der Waals surface area contributed by atoms with Crippen LogP contribution in [-0.2, 0) is 9.53 Å². The Labute approximate surface area is 123 Å². The lowest BCUT2D eigenvalue weighted by atomic mass is 10.1. The standard InChI is InChI=1S/C15H20N2O4/c1-9-8-21-11(7-18)6-17(9)10-3-4-12-13(5-10)16(2)15(20)14(12)19/h3-5,9,11,14,18-19H,6-8H2,1-2H3. The summed E-state index contributed by atoms with van der Waals surface area (Å²) in [6.45, 7) is 3.21. The van der Waals surface area contributed by atoms with Crippen LogP contribution >= 0.6 is 0 Å². The Kier molecular flexibility index (Phi) is 3.61. The molecule has 3 unspecified atom stereocenters. The quantitative estimate of drug-likeness (QED) is 0.819. The van der Waals surface area contributed by atoms with Crippen molar-refractivity contribution in [1.82, 2.24) is 0 Å². The first-order valence-electron chi connectivity index (χ1n) is 7.11. The molecule has 0 spiro atoms. The number of nitrogens with zero attached hydrogens (tertiary/aromatic N) is 2. The molecule has 0 aromatic heterocycles. The van der Waals surface area contributed by atoms with Crippen LogP contribution in [0.25, 0.3) is 0 Å². The van der Waals surface area contributed by atoms with Crippen molar-refractivity contribution in [1.29, 1.82) is 0 Å². The minimum atomic E-state index is -1.06. The zero-order chi connectivity index (χ0) is 15.1. The summed E-state index contributed by atoms with van der Waals surface area (Å²) in [6.07, 6.45) is -1.26. The molecule has 1 fully saturated rings. The van der Waals surface area contributed by atoms with Gasteiger partial charge in [-0.2, -0.15) is 0 Å². The summed E-state index contributed by atoms with van der Waals surface area (Å²) in [6, 6.07) is 5.82. The van der Waals surface area contributed by atoms with E-state index in [1.807, 2.05) is 12.1 Å². The fourth-order valence-corrected chi connectivity index (χ4v) is 2.96. The fourth-order valence-electron chi connectivity index (χ4n) is 2.96. The van der Waals surface area contributed by atoms with Crippen LogP contribution in [0.15, 0.2) is 18.2 Å². The number of morpholine rings is 1. The van der Waals surface area contributed by atoms with Crippen molar-refractivity contribution in [2.24, 2.45) is 0 Å². The number of rotatable bonds is 2. The van der Waals surface area contributed by atoms with Crippen LogP contribution in [0.3, 0.4) is 0 Å². The highest BCUT2D eigenvalue weighted by Crippen LogP contribution is 2.38. The van der Waals surface area contributed by atoms with Gasteiger partial charge in [-0.05, 0) is 19.1 Å². The summed E-state index contributed by atoms with van der Waals surface area (Å²) in [5, 5.41) is 19.2. The third-order valence-electron chi connectivity index (χ3n) is 4.28. The zero-order valence-electron chi connectivity index (χ0n) is 12.2. The predicted octanol–water partition coefficient (Wildman–Crippen LogP) is 0.282. The van der Waals surface area contributed by atoms with Crippen molar-refractivity contribution in [3.63, 3.8) is 0 Å². The van der Waals surface area contributed by atoms with Gasteiger partial charge in [0.05, 0.1) is 25.0 Å². The number of amides is 1. The number of aliphatic hydroxyl groups is 2. The molecule has 0 aliphatic carbocycles. The highest BCUT2D eigenvalue weighted by molar-refractivity contribution is 6.03. The molecule has 1 saturated heterocycles. The Morgan fingerprint density at radius 2 is 2.19 bits per heavy atom. The molecule has 2 aliphatic heterocycles. The van der Waals surface area contributed by atoms with Crippen molar-refractivity contribution in [3.8, 4) is 0 Å². The average Bonchev–Trinajstić information content (AvgIpc) is 2.72. The average molecular weight is 292 g/mol. The SMILES string of the molecule is CC1COC(CO)CN1c1ccc2c(c1)N(C)C(=O)C2O. The third kappa shape index (κ3) is 2.29. The van der Waals surface area contributed by atoms with Crippen molar-refractivity contribution in [2.45, 2.75) is 25.2 Å². The van der Waals surface area contributed by atoms with Gasteiger partial charge in [-0.3, -0.25) is 4.79 Å². The number of aliphatic hydroxyl groups excluding tert-OH is 2. The van der Waals surface area contributed by atoms with Gasteiger partial charge < -0.3 is 24.7 Å². The van der Waals surface area contributed by atoms with Crippen molar-refractivity contribution < 1.29 is 19.7 Å². The molecule has 2 aliphatic rings. The van der Waals surface area contributed by atoms with E-state index in [-0.39, 0.29) is 24.7 Å². The van der Waals surface area contributed by atoms with E-state index in [2.05, 4.69) is 11.8 Å². The number of carbonyl (C=O) groups excluding carboxylic acids is 1. The molecule has 6 nitrogen and oxygen atoms in total. The van der Waals surface area contributed by atoms with Crippen LogP contribution in [0.1, 0.15) is 18.6 Å². The summed E-state index contributed by atoms with van der Waals surface area (Å²) in [4.78, 5) is 15.5. The first-order chi connectivity index (χ1) is 10.0. The van der Waals surface area contributed by atoms with Crippen molar-refractivity contribution in [2.75, 3.05) is 36.6 Å². The van der Waals surface area contributed by atoms with E-state index in [9.17, 15) is 15.0 Å². The Morgan fingerprint density at radius 1 is 1.43 bits per heavy atom. The number of benzene rings is 1. The van der Waals surface area contributed by atoms with Gasteiger partial charge in [0.2, 0.25) is 0 Å². The van der Waals surface area contributed by atoms with Crippen LogP contribution in [-0.4, -0.2) is 55.1 Å². The fraction of sp³-hybridized carbons (Fsp3) is 0.533. The Bertz CT molecular complexity index is 563. The topological polar surface area (TPSA) is 73.2 Å². The highest BCUT2D eigenvalue weighted by atomic mass is 16.5. The highest BCUT2D eigenvalue weighted by Gasteiger charge is 2.34. The lowest BCUT2D eigenvalue weighted by Gasteiger charge is -2.39. The minimum Gasteiger partial charge on any atom is -0.394 e. The molecule has 2 heterocycles. The Hall–Kier alpha value is -1.63. The van der Waals surface area contributed by atoms with E-state index in [1.165, 1.54) is 4.90 Å². The second-order valence-electron chi connectivity index (χ2n) is 5.68. The zero-order valence-corrected chi connectivity index (χ0v) is 12.2. The van der Waals surface area contributed by atoms with E-state index in [1.54, 1.807) is 13.1 Å². The molecule has 1 aromatic carbocycles. The van der Waals surface area contributed by atoms with Crippen LogP contribution in [0.4, 0.5) is 11.4 Å². The maximum Gasteiger partial charge on any atom is 0.260 e. The van der Waals surface area contributed by atoms with Crippen LogP contribution < -0.4 is 9.80 Å². The Balaban J connectivity index is 1.92.